The fourth-order valence-electron chi connectivity index (χ4n) is 4.58. The molecule has 5 rings (SSSR count). The monoisotopic (exact) mass is 488 g/mol. The van der Waals surface area contributed by atoms with Crippen molar-refractivity contribution in [2.75, 3.05) is 32.6 Å². The average molecular weight is 489 g/mol. The third-order valence-corrected chi connectivity index (χ3v) is 6.51. The lowest BCUT2D eigenvalue weighted by Crippen LogP contribution is -2.45. The molecule has 36 heavy (non-hydrogen) atoms. The predicted molar refractivity (Wildman–Crippen MR) is 138 cm³/mol. The molecule has 8 heteroatoms. The number of hydrogen-bond acceptors (Lipinski definition) is 5. The lowest BCUT2D eigenvalue weighted by Gasteiger charge is -2.32. The van der Waals surface area contributed by atoms with Crippen molar-refractivity contribution in [3.05, 3.63) is 78.4 Å². The summed E-state index contributed by atoms with van der Waals surface area (Å²) >= 11 is 0. The zero-order chi connectivity index (χ0) is 25.1. The van der Waals surface area contributed by atoms with Crippen molar-refractivity contribution in [1.29, 1.82) is 0 Å². The highest BCUT2D eigenvalue weighted by Crippen LogP contribution is 2.31. The molecule has 2 N–H and O–H groups in total. The molecule has 0 aliphatic carbocycles. The molecule has 1 unspecified atom stereocenters. The number of amides is 1. The molecule has 186 valence electrons. The van der Waals surface area contributed by atoms with Crippen molar-refractivity contribution in [3.63, 3.8) is 0 Å². The normalized spacial score (nSPS) is 19.2. The number of halogens is 1. The van der Waals surface area contributed by atoms with Gasteiger partial charge >= 0.3 is 0 Å². The lowest BCUT2D eigenvalue weighted by molar-refractivity contribution is -0.126. The zero-order valence-corrected chi connectivity index (χ0v) is 20.3. The highest BCUT2D eigenvalue weighted by molar-refractivity contribution is 5.99. The predicted octanol–water partition coefficient (Wildman–Crippen LogP) is 4.98. The lowest BCUT2D eigenvalue weighted by atomic mass is 10.1. The number of alkyl halides is 1. The molecule has 0 spiro atoms. The first kappa shape index (κ1) is 24.0. The molecule has 7 nitrogen and oxygen atoms in total. The van der Waals surface area contributed by atoms with Gasteiger partial charge in [-0.1, -0.05) is 30.3 Å². The molecule has 1 aliphatic heterocycles. The van der Waals surface area contributed by atoms with Crippen LogP contribution in [0.2, 0.25) is 0 Å². The molecule has 0 saturated carbocycles. The number of aromatic nitrogens is 2. The van der Waals surface area contributed by atoms with Gasteiger partial charge in [0.2, 0.25) is 0 Å². The van der Waals surface area contributed by atoms with Gasteiger partial charge in [-0.15, -0.1) is 0 Å². The second kappa shape index (κ2) is 10.5. The van der Waals surface area contributed by atoms with E-state index < -0.39 is 18.4 Å². The van der Waals surface area contributed by atoms with Gasteiger partial charge in [0, 0.05) is 36.8 Å². The highest BCUT2D eigenvalue weighted by atomic mass is 19.1. The van der Waals surface area contributed by atoms with Crippen molar-refractivity contribution in [3.8, 4) is 17.0 Å². The van der Waals surface area contributed by atoms with E-state index in [-0.39, 0.29) is 5.91 Å². The maximum absolute atomic E-state index is 14.3. The SMILES string of the molecule is COC(C(=O)Nc1ccc2[nH]nc(-c3ccc(O[C@@H]4CCN(C)C[C@@H]4F)cc3)c2c1)c1ccccc1. The molecule has 4 aromatic rings. The van der Waals surface area contributed by atoms with E-state index in [9.17, 15) is 9.18 Å². The van der Waals surface area contributed by atoms with Crippen molar-refractivity contribution in [2.45, 2.75) is 24.8 Å². The van der Waals surface area contributed by atoms with Crippen LogP contribution in [0.4, 0.5) is 10.1 Å². The minimum absolute atomic E-state index is 0.255. The molecule has 0 bridgehead atoms. The van der Waals surface area contributed by atoms with Crippen molar-refractivity contribution < 1.29 is 18.7 Å². The summed E-state index contributed by atoms with van der Waals surface area (Å²) in [4.78, 5) is 14.9. The van der Waals surface area contributed by atoms with Crippen LogP contribution >= 0.6 is 0 Å². The minimum Gasteiger partial charge on any atom is -0.487 e. The molecule has 1 fully saturated rings. The Morgan fingerprint density at radius 2 is 1.92 bits per heavy atom. The second-order valence-corrected chi connectivity index (χ2v) is 9.10. The number of benzene rings is 3. The van der Waals surface area contributed by atoms with Crippen molar-refractivity contribution >= 4 is 22.5 Å². The van der Waals surface area contributed by atoms with Gasteiger partial charge < -0.3 is 19.7 Å². The van der Waals surface area contributed by atoms with Gasteiger partial charge in [-0.25, -0.2) is 4.39 Å². The third kappa shape index (κ3) is 5.10. The van der Waals surface area contributed by atoms with Crippen LogP contribution in [-0.4, -0.2) is 60.5 Å². The fraction of sp³-hybridized carbons (Fsp3) is 0.286. The topological polar surface area (TPSA) is 79.5 Å². The number of carbonyl (C=O) groups excluding carboxylic acids is 1. The summed E-state index contributed by atoms with van der Waals surface area (Å²) in [5, 5.41) is 11.3. The largest absolute Gasteiger partial charge is 0.487 e. The number of piperidine rings is 1. The Kier molecular flexibility index (Phi) is 6.97. The van der Waals surface area contributed by atoms with E-state index in [1.807, 2.05) is 84.7 Å². The van der Waals surface area contributed by atoms with E-state index in [4.69, 9.17) is 9.47 Å². The standard InChI is InChI=1S/C28H29FN4O3/c1-33-15-14-25(23(29)17-33)36-21-11-8-18(9-12-21)26-22-16-20(10-13-24(22)31-32-26)30-28(34)27(35-2)19-6-4-3-5-7-19/h3-13,16,23,25,27H,14-15,17H2,1-2H3,(H,30,34)(H,31,32)/t23-,25+,27?/m0/s1. The van der Waals surface area contributed by atoms with Gasteiger partial charge in [0.15, 0.2) is 6.10 Å². The van der Waals surface area contributed by atoms with Gasteiger partial charge in [-0.3, -0.25) is 9.89 Å². The van der Waals surface area contributed by atoms with E-state index in [0.29, 0.717) is 24.4 Å². The van der Waals surface area contributed by atoms with Crippen LogP contribution in [0.25, 0.3) is 22.2 Å². The van der Waals surface area contributed by atoms with E-state index in [1.165, 1.54) is 7.11 Å². The van der Waals surface area contributed by atoms with Crippen molar-refractivity contribution in [1.82, 2.24) is 15.1 Å². The number of fused-ring (bicyclic) bond motifs is 1. The van der Waals surface area contributed by atoms with E-state index in [1.54, 1.807) is 0 Å². The van der Waals surface area contributed by atoms with Crippen LogP contribution in [0.1, 0.15) is 18.1 Å². The number of anilines is 1. The molecule has 2 heterocycles. The molecular weight excluding hydrogens is 459 g/mol. The van der Waals surface area contributed by atoms with Crippen LogP contribution in [-0.2, 0) is 9.53 Å². The Hall–Kier alpha value is -3.75. The van der Waals surface area contributed by atoms with Gasteiger partial charge in [0.25, 0.3) is 5.91 Å². The quantitative estimate of drug-likeness (QED) is 0.384. The number of methoxy groups -OCH3 is 1. The Bertz CT molecular complexity index is 1330. The number of likely N-dealkylation sites (tertiary alicyclic amines) is 1. The van der Waals surface area contributed by atoms with Crippen molar-refractivity contribution in [2.24, 2.45) is 0 Å². The number of H-pyrrole nitrogens is 1. The Morgan fingerprint density at radius 1 is 1.14 bits per heavy atom. The van der Waals surface area contributed by atoms with E-state index >= 15 is 0 Å². The third-order valence-electron chi connectivity index (χ3n) is 6.51. The average Bonchev–Trinajstić information content (AvgIpc) is 3.30. The van der Waals surface area contributed by atoms with Crippen LogP contribution in [0, 0.1) is 0 Å². The first-order valence-electron chi connectivity index (χ1n) is 12.0. The first-order valence-corrected chi connectivity index (χ1v) is 12.0. The van der Waals surface area contributed by atoms with Gasteiger partial charge in [0.1, 0.15) is 18.0 Å². The Morgan fingerprint density at radius 3 is 2.64 bits per heavy atom. The molecule has 3 atom stereocenters. The summed E-state index contributed by atoms with van der Waals surface area (Å²) in [5.41, 5.74) is 3.91. The maximum atomic E-state index is 14.3. The number of aromatic amines is 1. The zero-order valence-electron chi connectivity index (χ0n) is 20.3. The van der Waals surface area contributed by atoms with Gasteiger partial charge in [-0.05, 0) is 61.5 Å². The van der Waals surface area contributed by atoms with Gasteiger partial charge in [0.05, 0.1) is 11.2 Å². The Balaban J connectivity index is 1.33. The van der Waals surface area contributed by atoms with Crippen LogP contribution < -0.4 is 10.1 Å². The molecule has 1 saturated heterocycles. The summed E-state index contributed by atoms with van der Waals surface area (Å²) in [7, 11) is 3.43. The Labute approximate surface area is 209 Å². The number of carbonyl (C=O) groups is 1. The minimum atomic E-state index is -1.01. The maximum Gasteiger partial charge on any atom is 0.258 e. The summed E-state index contributed by atoms with van der Waals surface area (Å²) in [6, 6.07) is 22.5. The number of nitrogens with zero attached hydrogens (tertiary/aromatic N) is 2. The van der Waals surface area contributed by atoms with Crippen LogP contribution in [0.3, 0.4) is 0 Å². The molecule has 1 amide bonds. The summed E-state index contributed by atoms with van der Waals surface area (Å²) in [5.74, 6) is 0.380. The fourth-order valence-corrected chi connectivity index (χ4v) is 4.58. The van der Waals surface area contributed by atoms with Crippen LogP contribution in [0.15, 0.2) is 72.8 Å². The number of nitrogens with one attached hydrogen (secondary N) is 2. The smallest absolute Gasteiger partial charge is 0.258 e. The molecule has 3 aromatic carbocycles. The number of rotatable bonds is 7. The summed E-state index contributed by atoms with van der Waals surface area (Å²) in [6.07, 6.45) is -1.50. The summed E-state index contributed by atoms with van der Waals surface area (Å²) < 4.78 is 25.7. The molecule has 1 aromatic heterocycles. The van der Waals surface area contributed by atoms with E-state index in [0.717, 1.165) is 34.3 Å². The number of hydrogen-bond donors (Lipinski definition) is 2. The molecular formula is C28H29FN4O3. The van der Waals surface area contributed by atoms with E-state index in [2.05, 4.69) is 15.5 Å². The number of ether oxygens (including phenoxy) is 2. The second-order valence-electron chi connectivity index (χ2n) is 9.10. The summed E-state index contributed by atoms with van der Waals surface area (Å²) in [6.45, 7) is 1.20. The van der Waals surface area contributed by atoms with Gasteiger partial charge in [-0.2, -0.15) is 5.10 Å². The van der Waals surface area contributed by atoms with Crippen LogP contribution in [0.5, 0.6) is 5.75 Å². The molecule has 1 aliphatic rings. The highest BCUT2D eigenvalue weighted by Gasteiger charge is 2.29. The molecule has 0 radical (unpaired) electrons. The first-order chi connectivity index (χ1) is 17.5.